The van der Waals surface area contributed by atoms with Gasteiger partial charge in [0.05, 0.1) is 10.5 Å². The number of aliphatic hydroxyl groups is 1. The van der Waals surface area contributed by atoms with E-state index in [0.717, 1.165) is 25.7 Å². The monoisotopic (exact) mass is 279 g/mol. The van der Waals surface area contributed by atoms with Gasteiger partial charge in [-0.3, -0.25) is 10.1 Å². The number of nitrogens with one attached hydrogen (secondary N) is 1. The van der Waals surface area contributed by atoms with Crippen molar-refractivity contribution in [3.05, 3.63) is 27.9 Å². The zero-order chi connectivity index (χ0) is 14.8. The van der Waals surface area contributed by atoms with Gasteiger partial charge in [-0.15, -0.1) is 0 Å². The molecule has 0 saturated heterocycles. The number of pyridine rings is 1. The molecule has 1 fully saturated rings. The Morgan fingerprint density at radius 2 is 2.20 bits per heavy atom. The number of nitro groups is 1. The first-order chi connectivity index (χ1) is 9.39. The van der Waals surface area contributed by atoms with Crippen LogP contribution < -0.4 is 5.32 Å². The summed E-state index contributed by atoms with van der Waals surface area (Å²) in [7, 11) is 0. The van der Waals surface area contributed by atoms with Crippen LogP contribution >= 0.6 is 0 Å². The van der Waals surface area contributed by atoms with Crippen LogP contribution in [0.15, 0.2) is 12.3 Å². The van der Waals surface area contributed by atoms with Crippen LogP contribution in [0.25, 0.3) is 0 Å². The summed E-state index contributed by atoms with van der Waals surface area (Å²) in [5.41, 5.74) is 0.00723. The number of aromatic nitrogens is 1. The number of hydrogen-bond donors (Lipinski definition) is 2. The molecule has 1 heterocycles. The zero-order valence-corrected chi connectivity index (χ0v) is 11.9. The lowest BCUT2D eigenvalue weighted by Gasteiger charge is -2.35. The molecule has 6 heteroatoms. The van der Waals surface area contributed by atoms with Gasteiger partial charge in [0.25, 0.3) is 5.69 Å². The van der Waals surface area contributed by atoms with Crippen molar-refractivity contribution in [3.63, 3.8) is 0 Å². The maximum atomic E-state index is 10.7. The van der Waals surface area contributed by atoms with E-state index in [9.17, 15) is 15.2 Å². The van der Waals surface area contributed by atoms with Crippen molar-refractivity contribution in [1.82, 2.24) is 4.98 Å². The maximum Gasteiger partial charge on any atom is 0.287 e. The Balaban J connectivity index is 1.99. The fraction of sp³-hybridized carbons (Fsp3) is 0.643. The van der Waals surface area contributed by atoms with E-state index in [4.69, 9.17) is 0 Å². The third-order valence-corrected chi connectivity index (χ3v) is 4.06. The molecule has 6 nitrogen and oxygen atoms in total. The molecule has 0 atom stereocenters. The van der Waals surface area contributed by atoms with Gasteiger partial charge in [-0.2, -0.15) is 0 Å². The first-order valence-corrected chi connectivity index (χ1v) is 6.97. The number of aryl methyl sites for hydroxylation is 1. The highest BCUT2D eigenvalue weighted by molar-refractivity contribution is 5.48. The van der Waals surface area contributed by atoms with E-state index in [1.165, 1.54) is 12.3 Å². The van der Waals surface area contributed by atoms with Crippen LogP contribution in [0.3, 0.4) is 0 Å². The summed E-state index contributed by atoms with van der Waals surface area (Å²) in [6, 6.07) is 1.49. The molecular formula is C14H21N3O3. The van der Waals surface area contributed by atoms with Crippen LogP contribution in [0.1, 0.15) is 38.2 Å². The Bertz CT molecular complexity index is 496. The number of anilines is 1. The molecule has 0 spiro atoms. The Hall–Kier alpha value is -1.69. The average Bonchev–Trinajstić information content (AvgIpc) is 2.41. The zero-order valence-electron chi connectivity index (χ0n) is 11.9. The molecule has 0 unspecified atom stereocenters. The largest absolute Gasteiger partial charge is 0.388 e. The third kappa shape index (κ3) is 3.45. The Labute approximate surface area is 118 Å². The molecule has 2 N–H and O–H groups in total. The van der Waals surface area contributed by atoms with Gasteiger partial charge in [-0.1, -0.05) is 6.92 Å². The van der Waals surface area contributed by atoms with Crippen molar-refractivity contribution in [3.8, 4) is 0 Å². The quantitative estimate of drug-likeness (QED) is 0.653. The van der Waals surface area contributed by atoms with E-state index in [0.29, 0.717) is 23.8 Å². The second kappa shape index (κ2) is 5.75. The van der Waals surface area contributed by atoms with E-state index in [1.54, 1.807) is 6.92 Å². The van der Waals surface area contributed by atoms with Crippen molar-refractivity contribution >= 4 is 11.5 Å². The Morgan fingerprint density at radius 1 is 1.55 bits per heavy atom. The summed E-state index contributed by atoms with van der Waals surface area (Å²) in [5.74, 6) is 1.28. The van der Waals surface area contributed by atoms with Crippen molar-refractivity contribution in [2.75, 3.05) is 11.9 Å². The molecule has 1 aliphatic rings. The maximum absolute atomic E-state index is 10.7. The molecule has 1 aromatic rings. The second-order valence-corrected chi connectivity index (χ2v) is 5.88. The van der Waals surface area contributed by atoms with Crippen molar-refractivity contribution < 1.29 is 10.0 Å². The van der Waals surface area contributed by atoms with Crippen LogP contribution in [-0.2, 0) is 0 Å². The van der Waals surface area contributed by atoms with Gasteiger partial charge < -0.3 is 10.4 Å². The van der Waals surface area contributed by atoms with Crippen LogP contribution in [0.4, 0.5) is 11.5 Å². The van der Waals surface area contributed by atoms with E-state index < -0.39 is 10.5 Å². The third-order valence-electron chi connectivity index (χ3n) is 4.06. The van der Waals surface area contributed by atoms with Gasteiger partial charge in [0.2, 0.25) is 0 Å². The molecular weight excluding hydrogens is 258 g/mol. The highest BCUT2D eigenvalue weighted by Gasteiger charge is 2.31. The van der Waals surface area contributed by atoms with Gasteiger partial charge in [-0.05, 0) is 44.1 Å². The molecule has 20 heavy (non-hydrogen) atoms. The highest BCUT2D eigenvalue weighted by Crippen LogP contribution is 2.32. The van der Waals surface area contributed by atoms with Gasteiger partial charge >= 0.3 is 0 Å². The highest BCUT2D eigenvalue weighted by atomic mass is 16.6. The molecule has 1 aliphatic carbocycles. The minimum absolute atomic E-state index is 0.0155. The van der Waals surface area contributed by atoms with Crippen molar-refractivity contribution in [2.24, 2.45) is 5.92 Å². The average molecular weight is 279 g/mol. The van der Waals surface area contributed by atoms with E-state index in [2.05, 4.69) is 17.2 Å². The lowest BCUT2D eigenvalue weighted by Crippen LogP contribution is -2.40. The minimum atomic E-state index is -0.692. The predicted molar refractivity (Wildman–Crippen MR) is 76.7 cm³/mol. The van der Waals surface area contributed by atoms with E-state index >= 15 is 0 Å². The van der Waals surface area contributed by atoms with Gasteiger partial charge in [0, 0.05) is 12.6 Å². The lowest BCUT2D eigenvalue weighted by molar-refractivity contribution is -0.385. The molecule has 0 aromatic carbocycles. The van der Waals surface area contributed by atoms with Gasteiger partial charge in [0.15, 0.2) is 0 Å². The molecule has 110 valence electrons. The summed E-state index contributed by atoms with van der Waals surface area (Å²) in [6.07, 6.45) is 4.87. The Kier molecular flexibility index (Phi) is 4.23. The molecule has 2 rings (SSSR count). The van der Waals surface area contributed by atoms with Crippen LogP contribution in [0.2, 0.25) is 0 Å². The van der Waals surface area contributed by atoms with Crippen molar-refractivity contribution in [1.29, 1.82) is 0 Å². The first kappa shape index (κ1) is 14.7. The minimum Gasteiger partial charge on any atom is -0.388 e. The summed E-state index contributed by atoms with van der Waals surface area (Å²) in [4.78, 5) is 14.3. The van der Waals surface area contributed by atoms with Gasteiger partial charge in [-0.25, -0.2) is 4.98 Å². The van der Waals surface area contributed by atoms with E-state index in [1.807, 2.05) is 0 Å². The van der Waals surface area contributed by atoms with E-state index in [-0.39, 0.29) is 5.69 Å². The van der Waals surface area contributed by atoms with Crippen LogP contribution in [-0.4, -0.2) is 27.2 Å². The molecule has 1 aromatic heterocycles. The smallest absolute Gasteiger partial charge is 0.287 e. The predicted octanol–water partition coefficient (Wildman–Crippen LogP) is 2.65. The summed E-state index contributed by atoms with van der Waals surface area (Å²) < 4.78 is 0. The first-order valence-electron chi connectivity index (χ1n) is 6.97. The fourth-order valence-corrected chi connectivity index (χ4v) is 2.57. The normalized spacial score (nSPS) is 26.2. The lowest BCUT2D eigenvalue weighted by atomic mass is 9.79. The SMILES string of the molecule is Cc1cc([N+](=O)[O-])cnc1NCC1(O)CCC(C)CC1. The fourth-order valence-electron chi connectivity index (χ4n) is 2.57. The molecule has 1 saturated carbocycles. The summed E-state index contributed by atoms with van der Waals surface area (Å²) in [5, 5.41) is 24.3. The number of hydrogen-bond acceptors (Lipinski definition) is 5. The topological polar surface area (TPSA) is 88.3 Å². The summed E-state index contributed by atoms with van der Waals surface area (Å²) >= 11 is 0. The molecule has 0 aliphatic heterocycles. The van der Waals surface area contributed by atoms with Gasteiger partial charge in [0.1, 0.15) is 12.0 Å². The second-order valence-electron chi connectivity index (χ2n) is 5.88. The van der Waals surface area contributed by atoms with Crippen LogP contribution in [0.5, 0.6) is 0 Å². The van der Waals surface area contributed by atoms with Crippen molar-refractivity contribution in [2.45, 2.75) is 45.1 Å². The Morgan fingerprint density at radius 3 is 2.75 bits per heavy atom. The number of rotatable bonds is 4. The summed E-state index contributed by atoms with van der Waals surface area (Å²) in [6.45, 7) is 4.41. The molecule has 0 bridgehead atoms. The van der Waals surface area contributed by atoms with Crippen LogP contribution in [0, 0.1) is 23.0 Å². The molecule has 0 amide bonds. The number of nitrogens with zero attached hydrogens (tertiary/aromatic N) is 2. The standard InChI is InChI=1S/C14H21N3O3/c1-10-3-5-14(18,6-4-10)9-16-13-11(2)7-12(8-15-13)17(19)20/h7-8,10,18H,3-6,9H2,1-2H3,(H,15,16). The molecule has 0 radical (unpaired) electrons.